The van der Waals surface area contributed by atoms with Gasteiger partial charge in [-0.15, -0.1) is 0 Å². The summed E-state index contributed by atoms with van der Waals surface area (Å²) in [5.41, 5.74) is 4.18. The van der Waals surface area contributed by atoms with Gasteiger partial charge in [0.25, 0.3) is 0 Å². The zero-order chi connectivity index (χ0) is 14.6. The molecule has 0 fully saturated rings. The number of amides is 1. The third-order valence-electron chi connectivity index (χ3n) is 2.29. The molecule has 19 heavy (non-hydrogen) atoms. The molecule has 0 radical (unpaired) electrons. The van der Waals surface area contributed by atoms with Gasteiger partial charge in [-0.1, -0.05) is 11.6 Å². The molecule has 2 N–H and O–H groups in total. The van der Waals surface area contributed by atoms with Crippen molar-refractivity contribution in [2.24, 2.45) is 5.73 Å². The van der Waals surface area contributed by atoms with Gasteiger partial charge in [0, 0.05) is 6.42 Å². The molecule has 0 saturated carbocycles. The molecule has 0 heterocycles. The number of nitrogens with two attached hydrogens (primary N) is 1. The van der Waals surface area contributed by atoms with E-state index in [0.717, 1.165) is 12.1 Å². The molecule has 4 nitrogen and oxygen atoms in total. The van der Waals surface area contributed by atoms with Gasteiger partial charge >= 0.3 is 12.3 Å². The molecule has 106 valence electrons. The number of rotatable bonds is 4. The van der Waals surface area contributed by atoms with E-state index >= 15 is 0 Å². The fraction of sp³-hybridized carbons (Fsp3) is 0.364. The maximum Gasteiger partial charge on any atom is 0.417 e. The van der Waals surface area contributed by atoms with Crippen molar-refractivity contribution in [3.05, 3.63) is 28.3 Å². The molecule has 0 aromatic heterocycles. The van der Waals surface area contributed by atoms with Crippen LogP contribution in [0.2, 0.25) is 5.02 Å². The first-order valence-electron chi connectivity index (χ1n) is 5.11. The minimum atomic E-state index is -4.56. The second kappa shape index (κ2) is 6.01. The maximum absolute atomic E-state index is 12.6. The molecule has 0 unspecified atom stereocenters. The summed E-state index contributed by atoms with van der Waals surface area (Å²) in [6.45, 7) is -0.0760. The van der Waals surface area contributed by atoms with E-state index < -0.39 is 22.9 Å². The van der Waals surface area contributed by atoms with Crippen molar-refractivity contribution in [2.75, 3.05) is 13.7 Å². The molecule has 0 saturated heterocycles. The van der Waals surface area contributed by atoms with E-state index in [2.05, 4.69) is 4.74 Å². The minimum Gasteiger partial charge on any atom is -0.496 e. The number of carbonyl (C=O) groups is 1. The van der Waals surface area contributed by atoms with Crippen LogP contribution in [0.3, 0.4) is 0 Å². The van der Waals surface area contributed by atoms with Crippen molar-refractivity contribution >= 4 is 17.7 Å². The van der Waals surface area contributed by atoms with Crippen LogP contribution in [-0.4, -0.2) is 19.8 Å². The molecule has 0 bridgehead atoms. The van der Waals surface area contributed by atoms with E-state index in [4.69, 9.17) is 22.1 Å². The molecule has 1 aromatic rings. The van der Waals surface area contributed by atoms with Gasteiger partial charge in [0.05, 0.1) is 24.3 Å². The topological polar surface area (TPSA) is 61.6 Å². The number of ether oxygens (including phenoxy) is 2. The number of alkyl halides is 3. The molecule has 0 aliphatic carbocycles. The number of hydrogen-bond acceptors (Lipinski definition) is 3. The Balaban J connectivity index is 3.00. The highest BCUT2D eigenvalue weighted by Gasteiger charge is 2.34. The zero-order valence-electron chi connectivity index (χ0n) is 9.88. The minimum absolute atomic E-state index is 0.0183. The highest BCUT2D eigenvalue weighted by Crippen LogP contribution is 2.38. The van der Waals surface area contributed by atoms with Crippen molar-refractivity contribution in [2.45, 2.75) is 12.6 Å². The summed E-state index contributed by atoms with van der Waals surface area (Å²) in [5, 5.41) is -0.442. The van der Waals surface area contributed by atoms with Crippen LogP contribution < -0.4 is 10.5 Å². The van der Waals surface area contributed by atoms with Crippen LogP contribution in [0.1, 0.15) is 11.1 Å². The second-order valence-corrected chi connectivity index (χ2v) is 3.97. The molecule has 1 aromatic carbocycles. The van der Waals surface area contributed by atoms with Crippen LogP contribution in [0, 0.1) is 0 Å². The number of carbonyl (C=O) groups excluding carboxylic acids is 1. The van der Waals surface area contributed by atoms with Crippen LogP contribution in [0.4, 0.5) is 18.0 Å². The second-order valence-electron chi connectivity index (χ2n) is 3.56. The predicted octanol–water partition coefficient (Wildman–Crippen LogP) is 3.01. The fourth-order valence-corrected chi connectivity index (χ4v) is 1.75. The van der Waals surface area contributed by atoms with Crippen LogP contribution >= 0.6 is 11.6 Å². The first-order valence-corrected chi connectivity index (χ1v) is 5.49. The zero-order valence-corrected chi connectivity index (χ0v) is 10.6. The lowest BCUT2D eigenvalue weighted by Gasteiger charge is -2.14. The maximum atomic E-state index is 12.6. The van der Waals surface area contributed by atoms with E-state index in [1.165, 1.54) is 7.11 Å². The van der Waals surface area contributed by atoms with Crippen molar-refractivity contribution in [3.63, 3.8) is 0 Å². The molecule has 0 atom stereocenters. The third kappa shape index (κ3) is 4.20. The summed E-state index contributed by atoms with van der Waals surface area (Å²) in [4.78, 5) is 10.4. The van der Waals surface area contributed by atoms with E-state index in [9.17, 15) is 18.0 Å². The summed E-state index contributed by atoms with van der Waals surface area (Å²) in [6, 6.07) is 1.94. The Hall–Kier alpha value is -1.63. The third-order valence-corrected chi connectivity index (χ3v) is 2.60. The Morgan fingerprint density at radius 3 is 2.53 bits per heavy atom. The largest absolute Gasteiger partial charge is 0.496 e. The van der Waals surface area contributed by atoms with Crippen molar-refractivity contribution < 1.29 is 27.4 Å². The quantitative estimate of drug-likeness (QED) is 0.929. The van der Waals surface area contributed by atoms with Gasteiger partial charge in [0.1, 0.15) is 5.75 Å². The van der Waals surface area contributed by atoms with Gasteiger partial charge < -0.3 is 15.2 Å². The first-order chi connectivity index (χ1) is 8.75. The van der Waals surface area contributed by atoms with Gasteiger partial charge in [-0.25, -0.2) is 4.79 Å². The first kappa shape index (κ1) is 15.4. The summed E-state index contributed by atoms with van der Waals surface area (Å²) >= 11 is 5.58. The molecule has 0 spiro atoms. The molecule has 8 heteroatoms. The van der Waals surface area contributed by atoms with Crippen LogP contribution in [-0.2, 0) is 17.3 Å². The van der Waals surface area contributed by atoms with Crippen LogP contribution in [0.5, 0.6) is 5.75 Å². The van der Waals surface area contributed by atoms with Gasteiger partial charge in [-0.05, 0) is 17.7 Å². The number of benzene rings is 1. The Morgan fingerprint density at radius 1 is 1.42 bits per heavy atom. The average Bonchev–Trinajstić information content (AvgIpc) is 2.27. The van der Waals surface area contributed by atoms with E-state index in [-0.39, 0.29) is 18.8 Å². The summed E-state index contributed by atoms with van der Waals surface area (Å²) in [7, 11) is 1.24. The standard InChI is InChI=1S/C11H11ClF3NO3/c1-18-9-5-7(11(13,14)15)8(12)4-6(9)2-3-19-10(16)17/h4-5H,2-3H2,1H3,(H2,16,17). The van der Waals surface area contributed by atoms with Crippen LogP contribution in [0.25, 0.3) is 0 Å². The number of primary amides is 1. The lowest BCUT2D eigenvalue weighted by atomic mass is 10.1. The van der Waals surface area contributed by atoms with Gasteiger partial charge in [0.2, 0.25) is 0 Å². The monoisotopic (exact) mass is 297 g/mol. The van der Waals surface area contributed by atoms with Crippen molar-refractivity contribution in [1.29, 1.82) is 0 Å². The summed E-state index contributed by atoms with van der Waals surface area (Å²) < 4.78 is 47.3. The Kier molecular flexibility index (Phi) is 4.88. The smallest absolute Gasteiger partial charge is 0.417 e. The molecule has 1 amide bonds. The SMILES string of the molecule is COc1cc(C(F)(F)F)c(Cl)cc1CCOC(N)=O. The average molecular weight is 298 g/mol. The Morgan fingerprint density at radius 2 is 2.05 bits per heavy atom. The highest BCUT2D eigenvalue weighted by molar-refractivity contribution is 6.31. The van der Waals surface area contributed by atoms with Crippen LogP contribution in [0.15, 0.2) is 12.1 Å². The van der Waals surface area contributed by atoms with Gasteiger partial charge in [-0.3, -0.25) is 0 Å². The molecular formula is C11H11ClF3NO3. The van der Waals surface area contributed by atoms with E-state index in [1.807, 2.05) is 0 Å². The highest BCUT2D eigenvalue weighted by atomic mass is 35.5. The number of hydrogen-bond donors (Lipinski definition) is 1. The Labute approximate surface area is 112 Å². The fourth-order valence-electron chi connectivity index (χ4n) is 1.46. The predicted molar refractivity (Wildman–Crippen MR) is 62.2 cm³/mol. The van der Waals surface area contributed by atoms with E-state index in [1.54, 1.807) is 0 Å². The number of halogens is 4. The van der Waals surface area contributed by atoms with Crippen molar-refractivity contribution in [1.82, 2.24) is 0 Å². The van der Waals surface area contributed by atoms with Gasteiger partial charge in [-0.2, -0.15) is 13.2 Å². The van der Waals surface area contributed by atoms with Crippen molar-refractivity contribution in [3.8, 4) is 5.75 Å². The number of methoxy groups -OCH3 is 1. The van der Waals surface area contributed by atoms with E-state index in [0.29, 0.717) is 5.56 Å². The van der Waals surface area contributed by atoms with Gasteiger partial charge in [0.15, 0.2) is 0 Å². The summed E-state index contributed by atoms with van der Waals surface area (Å²) in [5.74, 6) is 0.0183. The normalized spacial score (nSPS) is 11.2. The summed E-state index contributed by atoms with van der Waals surface area (Å²) in [6.07, 6.45) is -5.38. The molecule has 0 aliphatic rings. The lowest BCUT2D eigenvalue weighted by molar-refractivity contribution is -0.137. The molecule has 1 rings (SSSR count). The lowest BCUT2D eigenvalue weighted by Crippen LogP contribution is -2.15. The molecular weight excluding hydrogens is 287 g/mol. The molecule has 0 aliphatic heterocycles. The Bertz CT molecular complexity index is 477.